The van der Waals surface area contributed by atoms with Crippen molar-refractivity contribution in [3.63, 3.8) is 0 Å². The van der Waals surface area contributed by atoms with Crippen LogP contribution in [0.15, 0.2) is 30.3 Å². The number of rotatable bonds is 7. The van der Waals surface area contributed by atoms with Crippen LogP contribution >= 0.6 is 0 Å². The number of hydrogen-bond acceptors (Lipinski definition) is 5. The lowest BCUT2D eigenvalue weighted by atomic mass is 9.76. The number of benzene rings is 1. The van der Waals surface area contributed by atoms with Gasteiger partial charge in [0.15, 0.2) is 0 Å². The molecule has 0 bridgehead atoms. The molecule has 0 saturated heterocycles. The van der Waals surface area contributed by atoms with E-state index in [9.17, 15) is 9.59 Å². The number of esters is 1. The van der Waals surface area contributed by atoms with E-state index >= 15 is 0 Å². The van der Waals surface area contributed by atoms with E-state index < -0.39 is 11.4 Å². The van der Waals surface area contributed by atoms with Crippen molar-refractivity contribution in [2.24, 2.45) is 0 Å². The molecule has 0 spiro atoms. The van der Waals surface area contributed by atoms with Gasteiger partial charge in [0.1, 0.15) is 11.6 Å². The van der Waals surface area contributed by atoms with Gasteiger partial charge < -0.3 is 4.74 Å². The second-order valence-electron chi connectivity index (χ2n) is 7.15. The number of carbonyl (C=O) groups excluding carboxylic acids is 2. The molecule has 0 radical (unpaired) electrons. The molecule has 2 aliphatic rings. The van der Waals surface area contributed by atoms with Crippen molar-refractivity contribution in [1.82, 2.24) is 10.8 Å². The minimum atomic E-state index is -0.566. The zero-order chi connectivity index (χ0) is 18.4. The Balaban J connectivity index is 1.54. The molecule has 3 rings (SSSR count). The maximum atomic E-state index is 12.6. The number of ether oxygens (including phenoxy) is 1. The molecule has 0 unspecified atom stereocenters. The summed E-state index contributed by atoms with van der Waals surface area (Å²) in [6, 6.07) is 7.70. The van der Waals surface area contributed by atoms with Crippen molar-refractivity contribution in [3.05, 3.63) is 41.5 Å². The number of carbonyl (C=O) groups is 2. The standard InChI is InChI=1S/C20H26N2O4/c23-18(22-25)11-10-15-6-8-16(9-7-15)14-21-20(12-3-13-20)19(24)26-17-4-1-2-5-17/h6-11,17,21,25H,1-5,12-14H2,(H,22,23)/b11-10+. The third kappa shape index (κ3) is 4.51. The monoisotopic (exact) mass is 358 g/mol. The minimum Gasteiger partial charge on any atom is -0.461 e. The fraction of sp³-hybridized carbons (Fsp3) is 0.500. The topological polar surface area (TPSA) is 87.7 Å². The Morgan fingerprint density at radius 2 is 1.85 bits per heavy atom. The third-order valence-electron chi connectivity index (χ3n) is 5.32. The van der Waals surface area contributed by atoms with Gasteiger partial charge in [-0.1, -0.05) is 24.3 Å². The van der Waals surface area contributed by atoms with Crippen molar-refractivity contribution < 1.29 is 19.5 Å². The van der Waals surface area contributed by atoms with E-state index in [2.05, 4.69) is 5.32 Å². The van der Waals surface area contributed by atoms with Gasteiger partial charge in [-0.05, 0) is 62.1 Å². The maximum Gasteiger partial charge on any atom is 0.326 e. The molecule has 140 valence electrons. The van der Waals surface area contributed by atoms with Gasteiger partial charge in [0.05, 0.1) is 0 Å². The second-order valence-corrected chi connectivity index (χ2v) is 7.15. The molecule has 0 heterocycles. The quantitative estimate of drug-likeness (QED) is 0.302. The molecule has 0 atom stereocenters. The van der Waals surface area contributed by atoms with Crippen LogP contribution in [0.4, 0.5) is 0 Å². The third-order valence-corrected chi connectivity index (χ3v) is 5.32. The second kappa shape index (κ2) is 8.47. The lowest BCUT2D eigenvalue weighted by molar-refractivity contribution is -0.161. The van der Waals surface area contributed by atoms with Crippen LogP contribution in [0.1, 0.15) is 56.1 Å². The van der Waals surface area contributed by atoms with Crippen LogP contribution < -0.4 is 10.8 Å². The van der Waals surface area contributed by atoms with Crippen LogP contribution in [-0.4, -0.2) is 28.7 Å². The zero-order valence-corrected chi connectivity index (χ0v) is 14.9. The average molecular weight is 358 g/mol. The van der Waals surface area contributed by atoms with E-state index in [1.54, 1.807) is 11.6 Å². The molecule has 1 amide bonds. The Kier molecular flexibility index (Phi) is 6.06. The van der Waals surface area contributed by atoms with Gasteiger partial charge in [-0.2, -0.15) is 0 Å². The van der Waals surface area contributed by atoms with Crippen molar-refractivity contribution in [2.45, 2.75) is 63.1 Å². The molecule has 26 heavy (non-hydrogen) atoms. The van der Waals surface area contributed by atoms with Crippen LogP contribution in [0, 0.1) is 0 Å². The highest BCUT2D eigenvalue weighted by Gasteiger charge is 2.46. The Hall–Kier alpha value is -2.18. The number of hydrogen-bond donors (Lipinski definition) is 3. The largest absolute Gasteiger partial charge is 0.461 e. The van der Waals surface area contributed by atoms with Crippen molar-refractivity contribution in [1.29, 1.82) is 0 Å². The van der Waals surface area contributed by atoms with E-state index in [0.29, 0.717) is 6.54 Å². The SMILES string of the molecule is O=C(/C=C/c1ccc(CNC2(C(=O)OC3CCCC3)CCC2)cc1)NO. The van der Waals surface area contributed by atoms with Gasteiger partial charge in [0.2, 0.25) is 0 Å². The molecule has 2 saturated carbocycles. The summed E-state index contributed by atoms with van der Waals surface area (Å²) in [5, 5.41) is 11.9. The van der Waals surface area contributed by atoms with E-state index in [1.165, 1.54) is 6.08 Å². The van der Waals surface area contributed by atoms with Crippen molar-refractivity contribution >= 4 is 18.0 Å². The molecule has 6 heteroatoms. The van der Waals surface area contributed by atoms with Gasteiger partial charge >= 0.3 is 5.97 Å². The van der Waals surface area contributed by atoms with Crippen LogP contribution in [-0.2, 0) is 20.9 Å². The first-order chi connectivity index (χ1) is 12.6. The minimum absolute atomic E-state index is 0.0924. The van der Waals surface area contributed by atoms with Gasteiger partial charge in [0, 0.05) is 12.6 Å². The molecule has 2 fully saturated rings. The maximum absolute atomic E-state index is 12.6. The highest BCUT2D eigenvalue weighted by molar-refractivity contribution is 5.90. The number of hydroxylamine groups is 1. The van der Waals surface area contributed by atoms with Crippen LogP contribution in [0.25, 0.3) is 6.08 Å². The lowest BCUT2D eigenvalue weighted by Crippen LogP contribution is -2.58. The Morgan fingerprint density at radius 3 is 2.42 bits per heavy atom. The number of amides is 1. The molecule has 0 aromatic heterocycles. The smallest absolute Gasteiger partial charge is 0.326 e. The zero-order valence-electron chi connectivity index (χ0n) is 14.9. The van der Waals surface area contributed by atoms with E-state index in [0.717, 1.165) is 56.1 Å². The summed E-state index contributed by atoms with van der Waals surface area (Å²) in [5.41, 5.74) is 2.95. The van der Waals surface area contributed by atoms with Crippen molar-refractivity contribution in [3.8, 4) is 0 Å². The molecule has 0 aliphatic heterocycles. The molecule has 3 N–H and O–H groups in total. The fourth-order valence-corrected chi connectivity index (χ4v) is 3.48. The van der Waals surface area contributed by atoms with Gasteiger partial charge in [-0.3, -0.25) is 20.1 Å². The summed E-state index contributed by atoms with van der Waals surface area (Å²) < 4.78 is 5.72. The first kappa shape index (κ1) is 18.6. The van der Waals surface area contributed by atoms with E-state index in [4.69, 9.17) is 9.94 Å². The summed E-state index contributed by atoms with van der Waals surface area (Å²) in [6.07, 6.45) is 9.97. The Morgan fingerprint density at radius 1 is 1.15 bits per heavy atom. The lowest BCUT2D eigenvalue weighted by Gasteiger charge is -2.40. The van der Waals surface area contributed by atoms with Crippen LogP contribution in [0.3, 0.4) is 0 Å². The van der Waals surface area contributed by atoms with Crippen LogP contribution in [0.2, 0.25) is 0 Å². The first-order valence-corrected chi connectivity index (χ1v) is 9.28. The summed E-state index contributed by atoms with van der Waals surface area (Å²) in [6.45, 7) is 0.598. The molecular weight excluding hydrogens is 332 g/mol. The summed E-state index contributed by atoms with van der Waals surface area (Å²) in [4.78, 5) is 23.6. The highest BCUT2D eigenvalue weighted by Crippen LogP contribution is 2.35. The first-order valence-electron chi connectivity index (χ1n) is 9.28. The van der Waals surface area contributed by atoms with Gasteiger partial charge in [-0.15, -0.1) is 0 Å². The van der Waals surface area contributed by atoms with Crippen molar-refractivity contribution in [2.75, 3.05) is 0 Å². The van der Waals surface area contributed by atoms with Gasteiger partial charge in [-0.25, -0.2) is 5.48 Å². The Labute approximate surface area is 153 Å². The number of nitrogens with one attached hydrogen (secondary N) is 2. The highest BCUT2D eigenvalue weighted by atomic mass is 16.5. The van der Waals surface area contributed by atoms with Gasteiger partial charge in [0.25, 0.3) is 5.91 Å². The summed E-state index contributed by atoms with van der Waals surface area (Å²) in [7, 11) is 0. The van der Waals surface area contributed by atoms with E-state index in [-0.39, 0.29) is 12.1 Å². The summed E-state index contributed by atoms with van der Waals surface area (Å²) >= 11 is 0. The Bertz CT molecular complexity index is 659. The normalized spacial score (nSPS) is 19.3. The molecule has 2 aliphatic carbocycles. The molecule has 1 aromatic carbocycles. The average Bonchev–Trinajstić information content (AvgIpc) is 3.12. The molecule has 6 nitrogen and oxygen atoms in total. The summed E-state index contributed by atoms with van der Waals surface area (Å²) in [5.74, 6) is -0.659. The molecular formula is C20H26N2O4. The van der Waals surface area contributed by atoms with Crippen LogP contribution in [0.5, 0.6) is 0 Å². The predicted octanol–water partition coefficient (Wildman–Crippen LogP) is 2.70. The molecule has 1 aromatic rings. The fourth-order valence-electron chi connectivity index (χ4n) is 3.48. The predicted molar refractivity (Wildman–Crippen MR) is 97.2 cm³/mol. The van der Waals surface area contributed by atoms with E-state index in [1.807, 2.05) is 24.3 Å².